The van der Waals surface area contributed by atoms with E-state index in [0.717, 1.165) is 13.1 Å². The molecule has 1 heterocycles. The van der Waals surface area contributed by atoms with Crippen LogP contribution in [0.15, 0.2) is 18.2 Å². The Morgan fingerprint density at radius 3 is 3.06 bits per heavy atom. The Balaban J connectivity index is 0.00000144. The van der Waals surface area contributed by atoms with E-state index in [1.165, 1.54) is 18.2 Å². The van der Waals surface area contributed by atoms with E-state index in [-0.39, 0.29) is 24.3 Å². The van der Waals surface area contributed by atoms with Crippen LogP contribution in [0, 0.1) is 5.82 Å². The summed E-state index contributed by atoms with van der Waals surface area (Å²) in [6.45, 7) is 2.64. The first-order valence-corrected chi connectivity index (χ1v) is 5.53. The Hall–Kier alpha value is -0.550. The van der Waals surface area contributed by atoms with E-state index >= 15 is 0 Å². The minimum absolute atomic E-state index is 0. The summed E-state index contributed by atoms with van der Waals surface area (Å²) in [7, 11) is 0. The van der Waals surface area contributed by atoms with Crippen LogP contribution in [0.1, 0.15) is 0 Å². The van der Waals surface area contributed by atoms with Crippen molar-refractivity contribution < 1.29 is 13.9 Å². The van der Waals surface area contributed by atoms with Crippen LogP contribution in [0.4, 0.5) is 4.39 Å². The number of benzene rings is 1. The minimum atomic E-state index is -0.359. The van der Waals surface area contributed by atoms with E-state index in [0.29, 0.717) is 24.0 Å². The molecule has 0 aliphatic carbocycles. The van der Waals surface area contributed by atoms with Crippen LogP contribution in [-0.2, 0) is 4.74 Å². The first-order chi connectivity index (χ1) is 7.75. The zero-order chi connectivity index (χ0) is 11.4. The summed E-state index contributed by atoms with van der Waals surface area (Å²) in [4.78, 5) is 0. The van der Waals surface area contributed by atoms with Gasteiger partial charge >= 0.3 is 0 Å². The molecule has 3 nitrogen and oxygen atoms in total. The van der Waals surface area contributed by atoms with Crippen LogP contribution in [0.25, 0.3) is 0 Å². The quantitative estimate of drug-likeness (QED) is 0.922. The molecule has 6 heteroatoms. The number of hydrogen-bond donors (Lipinski definition) is 1. The largest absolute Gasteiger partial charge is 0.489 e. The monoisotopic (exact) mass is 281 g/mol. The topological polar surface area (TPSA) is 30.5 Å². The maximum atomic E-state index is 12.9. The molecule has 1 unspecified atom stereocenters. The standard InChI is InChI=1S/C11H13ClFNO2.ClH/c12-10-2-1-8(13)5-11(10)16-7-9-6-14-3-4-15-9;/h1-2,5,9,14H,3-4,6-7H2;1H. The molecule has 0 aromatic heterocycles. The first kappa shape index (κ1) is 14.5. The van der Waals surface area contributed by atoms with E-state index in [1.807, 2.05) is 0 Å². The predicted octanol–water partition coefficient (Wildman–Crippen LogP) is 2.27. The second kappa shape index (κ2) is 7.01. The van der Waals surface area contributed by atoms with Gasteiger partial charge in [0.25, 0.3) is 0 Å². The number of morpholine rings is 1. The molecule has 1 aliphatic rings. The van der Waals surface area contributed by atoms with Crippen LogP contribution in [-0.4, -0.2) is 32.4 Å². The Labute approximate surface area is 111 Å². The zero-order valence-electron chi connectivity index (χ0n) is 9.12. The molecule has 1 aromatic rings. The van der Waals surface area contributed by atoms with Gasteiger partial charge in [-0.25, -0.2) is 4.39 Å². The smallest absolute Gasteiger partial charge is 0.140 e. The van der Waals surface area contributed by atoms with Gasteiger partial charge in [0.15, 0.2) is 0 Å². The Morgan fingerprint density at radius 2 is 2.35 bits per heavy atom. The highest BCUT2D eigenvalue weighted by molar-refractivity contribution is 6.32. The van der Waals surface area contributed by atoms with E-state index in [1.54, 1.807) is 0 Å². The lowest BCUT2D eigenvalue weighted by Crippen LogP contribution is -2.41. The molecular weight excluding hydrogens is 268 g/mol. The Bertz CT molecular complexity index is 359. The molecule has 96 valence electrons. The van der Waals surface area contributed by atoms with Crippen molar-refractivity contribution in [3.05, 3.63) is 29.0 Å². The van der Waals surface area contributed by atoms with Crippen molar-refractivity contribution >= 4 is 24.0 Å². The van der Waals surface area contributed by atoms with Gasteiger partial charge in [-0.1, -0.05) is 11.6 Å². The van der Waals surface area contributed by atoms with Crippen molar-refractivity contribution in [2.75, 3.05) is 26.3 Å². The summed E-state index contributed by atoms with van der Waals surface area (Å²) in [6.07, 6.45) is -0.00640. The molecule has 0 saturated carbocycles. The van der Waals surface area contributed by atoms with Crippen molar-refractivity contribution in [1.82, 2.24) is 5.32 Å². The molecular formula is C11H14Cl2FNO2. The molecule has 2 rings (SSSR count). The van der Waals surface area contributed by atoms with Gasteiger partial charge in [-0.15, -0.1) is 12.4 Å². The number of halogens is 3. The summed E-state index contributed by atoms with van der Waals surface area (Å²) in [5, 5.41) is 3.59. The molecule has 0 bridgehead atoms. The van der Waals surface area contributed by atoms with E-state index < -0.39 is 0 Å². The maximum Gasteiger partial charge on any atom is 0.140 e. The summed E-state index contributed by atoms with van der Waals surface area (Å²) < 4.78 is 23.8. The summed E-state index contributed by atoms with van der Waals surface area (Å²) in [5.41, 5.74) is 0. The lowest BCUT2D eigenvalue weighted by molar-refractivity contribution is 0.000160. The minimum Gasteiger partial charge on any atom is -0.489 e. The molecule has 1 aliphatic heterocycles. The highest BCUT2D eigenvalue weighted by Gasteiger charge is 2.14. The molecule has 17 heavy (non-hydrogen) atoms. The Kier molecular flexibility index (Phi) is 5.98. The molecule has 1 aromatic carbocycles. The molecule has 0 spiro atoms. The van der Waals surface area contributed by atoms with Crippen LogP contribution in [0.2, 0.25) is 5.02 Å². The fourth-order valence-electron chi connectivity index (χ4n) is 1.50. The molecule has 1 atom stereocenters. The van der Waals surface area contributed by atoms with Crippen molar-refractivity contribution in [3.63, 3.8) is 0 Å². The maximum absolute atomic E-state index is 12.9. The van der Waals surface area contributed by atoms with Gasteiger partial charge in [-0.05, 0) is 12.1 Å². The third-order valence-corrected chi connectivity index (χ3v) is 2.63. The van der Waals surface area contributed by atoms with Crippen LogP contribution >= 0.6 is 24.0 Å². The average Bonchev–Trinajstić information content (AvgIpc) is 2.32. The van der Waals surface area contributed by atoms with Gasteiger partial charge in [0.05, 0.1) is 11.6 Å². The summed E-state index contributed by atoms with van der Waals surface area (Å²) in [5.74, 6) is -0.00192. The van der Waals surface area contributed by atoms with Crippen molar-refractivity contribution in [2.24, 2.45) is 0 Å². The fraction of sp³-hybridized carbons (Fsp3) is 0.455. The van der Waals surface area contributed by atoms with Crippen LogP contribution in [0.5, 0.6) is 5.75 Å². The lowest BCUT2D eigenvalue weighted by atomic mass is 10.3. The Morgan fingerprint density at radius 1 is 1.53 bits per heavy atom. The lowest BCUT2D eigenvalue weighted by Gasteiger charge is -2.23. The van der Waals surface area contributed by atoms with Crippen molar-refractivity contribution in [1.29, 1.82) is 0 Å². The second-order valence-corrected chi connectivity index (χ2v) is 3.99. The molecule has 1 N–H and O–H groups in total. The van der Waals surface area contributed by atoms with Gasteiger partial charge in [0, 0.05) is 19.2 Å². The third kappa shape index (κ3) is 4.32. The van der Waals surface area contributed by atoms with Gasteiger partial charge in [0.1, 0.15) is 24.3 Å². The molecule has 1 fully saturated rings. The predicted molar refractivity (Wildman–Crippen MR) is 66.8 cm³/mol. The number of ether oxygens (including phenoxy) is 2. The van der Waals surface area contributed by atoms with E-state index in [4.69, 9.17) is 21.1 Å². The van der Waals surface area contributed by atoms with Crippen LogP contribution < -0.4 is 10.1 Å². The summed E-state index contributed by atoms with van der Waals surface area (Å²) >= 11 is 5.87. The molecule has 1 saturated heterocycles. The number of rotatable bonds is 3. The van der Waals surface area contributed by atoms with E-state index in [2.05, 4.69) is 5.32 Å². The summed E-state index contributed by atoms with van der Waals surface area (Å²) in [6, 6.07) is 4.05. The second-order valence-electron chi connectivity index (χ2n) is 3.58. The SMILES string of the molecule is Cl.Fc1ccc(Cl)c(OCC2CNCCO2)c1. The normalized spacial score (nSPS) is 19.5. The van der Waals surface area contributed by atoms with Crippen molar-refractivity contribution in [2.45, 2.75) is 6.10 Å². The van der Waals surface area contributed by atoms with Gasteiger partial charge < -0.3 is 14.8 Å². The highest BCUT2D eigenvalue weighted by atomic mass is 35.5. The van der Waals surface area contributed by atoms with Gasteiger partial charge in [-0.2, -0.15) is 0 Å². The molecule has 0 radical (unpaired) electrons. The molecule has 0 amide bonds. The zero-order valence-corrected chi connectivity index (χ0v) is 10.7. The number of hydrogen-bond acceptors (Lipinski definition) is 3. The van der Waals surface area contributed by atoms with Crippen LogP contribution in [0.3, 0.4) is 0 Å². The van der Waals surface area contributed by atoms with Gasteiger partial charge in [-0.3, -0.25) is 0 Å². The van der Waals surface area contributed by atoms with Crippen molar-refractivity contribution in [3.8, 4) is 5.75 Å². The highest BCUT2D eigenvalue weighted by Crippen LogP contribution is 2.25. The fourth-order valence-corrected chi connectivity index (χ4v) is 1.67. The van der Waals surface area contributed by atoms with E-state index in [9.17, 15) is 4.39 Å². The third-order valence-electron chi connectivity index (χ3n) is 2.32. The number of nitrogens with one attached hydrogen (secondary N) is 1. The first-order valence-electron chi connectivity index (χ1n) is 5.16. The van der Waals surface area contributed by atoms with Gasteiger partial charge in [0.2, 0.25) is 0 Å². The average molecular weight is 282 g/mol.